The highest BCUT2D eigenvalue weighted by molar-refractivity contribution is 6.26. The molecule has 2 fully saturated rings. The van der Waals surface area contributed by atoms with E-state index in [1.165, 1.54) is 6.92 Å². The van der Waals surface area contributed by atoms with Crippen LogP contribution in [0.25, 0.3) is 11.1 Å². The molecule has 0 heterocycles. The van der Waals surface area contributed by atoms with Gasteiger partial charge in [-0.25, -0.2) is 0 Å². The molecule has 0 aliphatic heterocycles. The van der Waals surface area contributed by atoms with E-state index in [4.69, 9.17) is 5.73 Å². The SMILES string of the molecule is CC(=O)c1ccc(-c2cc(N(C)C)c3c(c2O)C(=O)C2C(=O)[C@@]4(O)C(=O)C(C(N)=O)C(O)[C@H](N(C)C)[C@H]4C[C@H]2C3)cc1. The second-order valence-corrected chi connectivity index (χ2v) is 12.1. The maximum absolute atomic E-state index is 14.2. The van der Waals surface area contributed by atoms with Crippen molar-refractivity contribution in [1.82, 2.24) is 4.90 Å². The van der Waals surface area contributed by atoms with Gasteiger partial charge < -0.3 is 30.9 Å². The first-order chi connectivity index (χ1) is 19.6. The molecule has 11 heteroatoms. The highest BCUT2D eigenvalue weighted by atomic mass is 16.3. The first kappa shape index (κ1) is 29.6. The van der Waals surface area contributed by atoms with Gasteiger partial charge in [0, 0.05) is 42.9 Å². The van der Waals surface area contributed by atoms with Crippen LogP contribution in [0.1, 0.15) is 39.6 Å². The summed E-state index contributed by atoms with van der Waals surface area (Å²) in [4.78, 5) is 69.2. The normalized spacial score (nSPS) is 30.4. The number of likely N-dealkylation sites (N-methyl/N-ethyl adjacent to an activating group) is 1. The zero-order valence-electron chi connectivity index (χ0n) is 24.1. The molecule has 42 heavy (non-hydrogen) atoms. The van der Waals surface area contributed by atoms with Gasteiger partial charge in [0.05, 0.1) is 17.6 Å². The number of carbonyl (C=O) groups excluding carboxylic acids is 5. The number of anilines is 1. The monoisotopic (exact) mass is 577 g/mol. The van der Waals surface area contributed by atoms with Gasteiger partial charge in [-0.05, 0) is 57.0 Å². The summed E-state index contributed by atoms with van der Waals surface area (Å²) in [7, 11) is 6.79. The number of aliphatic hydroxyl groups is 2. The predicted octanol–water partition coefficient (Wildman–Crippen LogP) is 0.594. The van der Waals surface area contributed by atoms with Crippen molar-refractivity contribution >= 4 is 34.7 Å². The van der Waals surface area contributed by atoms with Gasteiger partial charge >= 0.3 is 0 Å². The third-order valence-corrected chi connectivity index (χ3v) is 9.35. The Bertz CT molecular complexity index is 1530. The van der Waals surface area contributed by atoms with Gasteiger partial charge in [0.1, 0.15) is 11.7 Å². The molecule has 0 bridgehead atoms. The van der Waals surface area contributed by atoms with Crippen molar-refractivity contribution in [1.29, 1.82) is 0 Å². The van der Waals surface area contributed by atoms with E-state index < -0.39 is 64.7 Å². The van der Waals surface area contributed by atoms with Gasteiger partial charge in [0.25, 0.3) is 0 Å². The Morgan fingerprint density at radius 3 is 2.17 bits per heavy atom. The van der Waals surface area contributed by atoms with Crippen molar-refractivity contribution in [2.75, 3.05) is 33.1 Å². The van der Waals surface area contributed by atoms with Crippen molar-refractivity contribution in [3.8, 4) is 16.9 Å². The Kier molecular flexibility index (Phi) is 7.11. The van der Waals surface area contributed by atoms with Crippen LogP contribution in [0.2, 0.25) is 0 Å². The number of benzene rings is 2. The highest BCUT2D eigenvalue weighted by Gasteiger charge is 2.69. The number of aromatic hydroxyl groups is 1. The van der Waals surface area contributed by atoms with Crippen molar-refractivity contribution in [3.63, 3.8) is 0 Å². The molecule has 2 saturated carbocycles. The molecule has 5 N–H and O–H groups in total. The molecule has 11 nitrogen and oxygen atoms in total. The average Bonchev–Trinajstić information content (AvgIpc) is 2.90. The van der Waals surface area contributed by atoms with Gasteiger partial charge in [-0.15, -0.1) is 0 Å². The summed E-state index contributed by atoms with van der Waals surface area (Å²) < 4.78 is 0. The lowest BCUT2D eigenvalue weighted by atomic mass is 9.52. The number of hydrogen-bond donors (Lipinski definition) is 4. The molecular formula is C31H35N3O8. The highest BCUT2D eigenvalue weighted by Crippen LogP contribution is 2.53. The van der Waals surface area contributed by atoms with E-state index in [1.807, 2.05) is 0 Å². The number of carbonyl (C=O) groups is 5. The van der Waals surface area contributed by atoms with E-state index in [-0.39, 0.29) is 29.9 Å². The van der Waals surface area contributed by atoms with Crippen LogP contribution < -0.4 is 10.6 Å². The molecule has 3 unspecified atom stereocenters. The first-order valence-electron chi connectivity index (χ1n) is 13.8. The molecule has 1 amide bonds. The molecule has 222 valence electrons. The van der Waals surface area contributed by atoms with E-state index in [1.54, 1.807) is 68.3 Å². The van der Waals surface area contributed by atoms with Crippen LogP contribution in [0.3, 0.4) is 0 Å². The molecule has 2 aromatic rings. The molecule has 0 spiro atoms. The van der Waals surface area contributed by atoms with Gasteiger partial charge in [-0.2, -0.15) is 0 Å². The van der Waals surface area contributed by atoms with E-state index in [0.29, 0.717) is 27.9 Å². The summed E-state index contributed by atoms with van der Waals surface area (Å²) in [5.41, 5.74) is 5.17. The minimum atomic E-state index is -2.72. The largest absolute Gasteiger partial charge is 0.507 e. The van der Waals surface area contributed by atoms with Crippen LogP contribution >= 0.6 is 0 Å². The maximum atomic E-state index is 14.2. The topological polar surface area (TPSA) is 179 Å². The smallest absolute Gasteiger partial charge is 0.230 e. The standard InChI is InChI=1S/C31H35N3O8/c1-13(35)14-6-8-15(9-7-14)17-12-20(33(2)3)18-10-16-11-19-24(34(4)5)27(38)23(30(32)41)29(40)31(19,42)28(39)21(16)26(37)22(18)25(17)36/h6-9,12,16,19,21,23-24,27,36,38,42H,10-11H2,1-5H3,(H2,32,41)/t16-,19-,21?,23?,24-,27?,31-/m1/s1. The first-order valence-corrected chi connectivity index (χ1v) is 13.8. The maximum Gasteiger partial charge on any atom is 0.230 e. The van der Waals surface area contributed by atoms with E-state index in [9.17, 15) is 39.3 Å². The lowest BCUT2D eigenvalue weighted by molar-refractivity contribution is -0.190. The summed E-state index contributed by atoms with van der Waals surface area (Å²) in [6, 6.07) is 7.33. The summed E-state index contributed by atoms with van der Waals surface area (Å²) in [6.07, 6.45) is -1.32. The quantitative estimate of drug-likeness (QED) is 0.290. The van der Waals surface area contributed by atoms with Gasteiger partial charge in [0.2, 0.25) is 5.91 Å². The Balaban J connectivity index is 1.67. The van der Waals surface area contributed by atoms with Crippen LogP contribution in [-0.2, 0) is 20.8 Å². The van der Waals surface area contributed by atoms with E-state index in [0.717, 1.165) is 0 Å². The second kappa shape index (κ2) is 10.1. The third-order valence-electron chi connectivity index (χ3n) is 9.35. The van der Waals surface area contributed by atoms with Crippen LogP contribution in [0.5, 0.6) is 5.75 Å². The number of amides is 1. The number of primary amides is 1. The summed E-state index contributed by atoms with van der Waals surface area (Å²) in [5.74, 6) is -9.62. The fraction of sp³-hybridized carbons (Fsp3) is 0.452. The van der Waals surface area contributed by atoms with E-state index >= 15 is 0 Å². The van der Waals surface area contributed by atoms with Gasteiger partial charge in [-0.1, -0.05) is 24.3 Å². The molecule has 3 aliphatic carbocycles. The molecule has 3 aliphatic rings. The number of nitrogens with two attached hydrogens (primary N) is 1. The zero-order chi connectivity index (χ0) is 31.0. The zero-order valence-corrected chi connectivity index (χ0v) is 24.1. The fourth-order valence-corrected chi connectivity index (χ4v) is 7.37. The molecule has 2 aromatic carbocycles. The number of ketones is 4. The van der Waals surface area contributed by atoms with Crippen LogP contribution in [0.15, 0.2) is 30.3 Å². The minimum Gasteiger partial charge on any atom is -0.507 e. The minimum absolute atomic E-state index is 0.0388. The lowest BCUT2D eigenvalue weighted by Crippen LogP contribution is -2.75. The van der Waals surface area contributed by atoms with Crippen LogP contribution in [-0.4, -0.2) is 95.2 Å². The molecule has 0 aromatic heterocycles. The lowest BCUT2D eigenvalue weighted by Gasteiger charge is -2.55. The number of hydrogen-bond acceptors (Lipinski definition) is 10. The van der Waals surface area contributed by atoms with Crippen molar-refractivity contribution in [3.05, 3.63) is 47.0 Å². The number of Topliss-reactive ketones (excluding diaryl/α,β-unsaturated/α-hetero) is 4. The van der Waals surface area contributed by atoms with Crippen molar-refractivity contribution in [2.45, 2.75) is 37.5 Å². The molecular weight excluding hydrogens is 542 g/mol. The fourth-order valence-electron chi connectivity index (χ4n) is 7.37. The Morgan fingerprint density at radius 2 is 1.64 bits per heavy atom. The number of nitrogens with zero attached hydrogens (tertiary/aromatic N) is 2. The summed E-state index contributed by atoms with van der Waals surface area (Å²) in [6.45, 7) is 1.44. The third kappa shape index (κ3) is 4.10. The summed E-state index contributed by atoms with van der Waals surface area (Å²) in [5, 5.41) is 34.3. The van der Waals surface area contributed by atoms with Gasteiger partial charge in [-0.3, -0.25) is 24.0 Å². The molecule has 0 saturated heterocycles. The Morgan fingerprint density at radius 1 is 1.02 bits per heavy atom. The molecule has 5 rings (SSSR count). The van der Waals surface area contributed by atoms with Crippen molar-refractivity contribution in [2.24, 2.45) is 29.4 Å². The van der Waals surface area contributed by atoms with Gasteiger partial charge in [0.15, 0.2) is 28.7 Å². The summed E-state index contributed by atoms with van der Waals surface area (Å²) >= 11 is 0. The Hall–Kier alpha value is -3.93. The predicted molar refractivity (Wildman–Crippen MR) is 152 cm³/mol. The molecule has 0 radical (unpaired) electrons. The number of aliphatic hydroxyl groups excluding tert-OH is 1. The number of rotatable bonds is 5. The van der Waals surface area contributed by atoms with Crippen LogP contribution in [0.4, 0.5) is 5.69 Å². The van der Waals surface area contributed by atoms with Crippen molar-refractivity contribution < 1.29 is 39.3 Å². The van der Waals surface area contributed by atoms with E-state index in [2.05, 4.69) is 0 Å². The number of fused-ring (bicyclic) bond motifs is 3. The Labute approximate surface area is 242 Å². The average molecular weight is 578 g/mol. The number of phenolic OH excluding ortho intramolecular Hbond substituents is 1. The number of phenols is 1. The second-order valence-electron chi connectivity index (χ2n) is 12.1. The van der Waals surface area contributed by atoms with Crippen LogP contribution in [0, 0.1) is 23.7 Å². The molecule has 7 atom stereocenters.